The number of nitrogens with one attached hydrogen (secondary N) is 2. The van der Waals surface area contributed by atoms with Gasteiger partial charge in [-0.2, -0.15) is 29.9 Å². The second-order valence-corrected chi connectivity index (χ2v) is 14.9. The Hall–Kier alpha value is -1.37. The first-order valence-corrected chi connectivity index (χ1v) is 19.1. The topological polar surface area (TPSA) is 320 Å². The first-order chi connectivity index (χ1) is 24.1. The number of aliphatic hydroxyl groups excluding tert-OH is 2. The van der Waals surface area contributed by atoms with E-state index in [-0.39, 0.29) is 139 Å². The molecule has 4 aromatic rings. The molecular formula is C26H25Cl2N10Na3O11S3. The van der Waals surface area contributed by atoms with E-state index in [2.05, 4.69) is 40.5 Å². The summed E-state index contributed by atoms with van der Waals surface area (Å²) in [6.45, 7) is 3.63. The smallest absolute Gasteiger partial charge is 0.744 e. The summed E-state index contributed by atoms with van der Waals surface area (Å²) < 4.78 is 108. The van der Waals surface area contributed by atoms with Gasteiger partial charge in [-0.05, 0) is 79.4 Å². The maximum absolute atomic E-state index is 12.3. The normalized spacial score (nSPS) is 12.8. The number of benzene rings is 2. The zero-order valence-corrected chi connectivity index (χ0v) is 39.6. The third-order valence-electron chi connectivity index (χ3n) is 6.53. The van der Waals surface area contributed by atoms with E-state index in [1.807, 2.05) is 0 Å². The van der Waals surface area contributed by atoms with Crippen LogP contribution in [0, 0.1) is 0 Å². The number of aliphatic hydroxyl groups is 2. The van der Waals surface area contributed by atoms with Crippen LogP contribution in [0.1, 0.15) is 31.9 Å². The average molecular weight is 890 g/mol. The quantitative estimate of drug-likeness (QED) is 0.0395. The number of halogens is 2. The van der Waals surface area contributed by atoms with E-state index in [9.17, 15) is 49.1 Å². The van der Waals surface area contributed by atoms with E-state index in [0.29, 0.717) is 0 Å². The minimum absolute atomic E-state index is 0. The fourth-order valence-electron chi connectivity index (χ4n) is 4.43. The van der Waals surface area contributed by atoms with Crippen molar-refractivity contribution >= 4 is 101 Å². The molecule has 55 heavy (non-hydrogen) atoms. The van der Waals surface area contributed by atoms with Gasteiger partial charge in [-0.25, -0.2) is 29.6 Å². The summed E-state index contributed by atoms with van der Waals surface area (Å²) in [5.41, 5.74) is -0.608. The van der Waals surface area contributed by atoms with Crippen molar-refractivity contribution in [2.24, 2.45) is 0 Å². The van der Waals surface area contributed by atoms with Crippen LogP contribution >= 0.6 is 23.2 Å². The van der Waals surface area contributed by atoms with Gasteiger partial charge in [-0.15, -0.1) is 0 Å². The Balaban J connectivity index is 0.00000504. The van der Waals surface area contributed by atoms with Gasteiger partial charge >= 0.3 is 88.7 Å². The van der Waals surface area contributed by atoms with Gasteiger partial charge in [0.2, 0.25) is 34.4 Å². The van der Waals surface area contributed by atoms with Crippen molar-refractivity contribution in [1.29, 1.82) is 0 Å². The maximum Gasteiger partial charge on any atom is 1.00 e. The summed E-state index contributed by atoms with van der Waals surface area (Å²) in [7, 11) is -15.4. The van der Waals surface area contributed by atoms with Gasteiger partial charge in [-0.1, -0.05) is 24.3 Å². The van der Waals surface area contributed by atoms with Crippen LogP contribution < -0.4 is 109 Å². The van der Waals surface area contributed by atoms with Crippen LogP contribution in [-0.4, -0.2) is 98.0 Å². The molecule has 0 spiro atoms. The third kappa shape index (κ3) is 14.2. The standard InChI is InChI=1S/C26H28Cl2N10O11S3.3Na/c1-4-37(52(47,48)49)25-33-21(27)31-23(35-25)29-17-9-7-15(19(11-17)50(41,42)43)5-6-16-8-10-18(12-20(16)51(44,45)46)30-24-32-22(28)34-26(36-24)38(13(2)39)14(3)40;;;/h5-14,39-40H,4H2,1-3H3,(H,41,42,43)(H,44,45,46)(H,47,48,49)(H,29,31,33,35)(H,30,32,34,36);;;/q;3*+1/p-3. The number of anilines is 6. The van der Waals surface area contributed by atoms with Crippen molar-refractivity contribution < 1.29 is 138 Å². The zero-order chi connectivity index (χ0) is 38.8. The molecule has 0 radical (unpaired) electrons. The van der Waals surface area contributed by atoms with Crippen molar-refractivity contribution in [2.75, 3.05) is 26.4 Å². The molecule has 0 saturated carbocycles. The molecule has 2 aromatic carbocycles. The fourth-order valence-corrected chi connectivity index (χ4v) is 6.74. The van der Waals surface area contributed by atoms with Crippen LogP contribution in [-0.2, 0) is 30.5 Å². The summed E-state index contributed by atoms with van der Waals surface area (Å²) >= 11 is 11.8. The Labute approximate surface area is 391 Å². The number of hydrogen-bond donors (Lipinski definition) is 4. The van der Waals surface area contributed by atoms with Gasteiger partial charge in [-0.3, -0.25) is 4.90 Å². The van der Waals surface area contributed by atoms with Crippen LogP contribution in [0.4, 0.5) is 35.2 Å². The summed E-state index contributed by atoms with van der Waals surface area (Å²) in [6.07, 6.45) is -0.395. The summed E-state index contributed by atoms with van der Waals surface area (Å²) in [4.78, 5) is 22.3. The molecule has 21 nitrogen and oxygen atoms in total. The SMILES string of the molecule is CCN(c1nc(Cl)nc(Nc2ccc(C=Cc3ccc(Nc4nc(Cl)nc(N(C(C)O)C(C)O)n4)cc3S(=O)(=O)[O-])c(S(=O)(=O)[O-])c2)n1)S(=O)(=O)[O-].[Na+].[Na+].[Na+]. The molecule has 0 fully saturated rings. The Morgan fingerprint density at radius 1 is 0.691 bits per heavy atom. The number of nitrogens with zero attached hydrogens (tertiary/aromatic N) is 8. The number of hydrogen-bond acceptors (Lipinski definition) is 20. The molecular weight excluding hydrogens is 864 g/mol. The van der Waals surface area contributed by atoms with E-state index in [0.717, 1.165) is 35.3 Å². The summed E-state index contributed by atoms with van der Waals surface area (Å²) in [5.74, 6) is -1.56. The molecule has 2 unspecified atom stereocenters. The van der Waals surface area contributed by atoms with Crippen LogP contribution in [0.15, 0.2) is 46.2 Å². The first-order valence-electron chi connectivity index (χ1n) is 14.2. The summed E-state index contributed by atoms with van der Waals surface area (Å²) in [6, 6.07) is 6.65. The van der Waals surface area contributed by atoms with Gasteiger partial charge < -0.3 is 34.5 Å². The Kier molecular flexibility index (Phi) is 19.8. The number of rotatable bonds is 14. The third-order valence-corrected chi connectivity index (χ3v) is 9.61. The minimum Gasteiger partial charge on any atom is -0.744 e. The molecule has 0 bridgehead atoms. The fraction of sp³-hybridized carbons (Fsp3) is 0.231. The van der Waals surface area contributed by atoms with E-state index in [1.165, 1.54) is 39.0 Å². The van der Waals surface area contributed by atoms with Gasteiger partial charge in [0.25, 0.3) is 0 Å². The Morgan fingerprint density at radius 2 is 1.07 bits per heavy atom. The van der Waals surface area contributed by atoms with Gasteiger partial charge in [0.05, 0.1) is 9.79 Å². The summed E-state index contributed by atoms with van der Waals surface area (Å²) in [5, 5.41) is 24.3. The van der Waals surface area contributed by atoms with Crippen LogP contribution in [0.5, 0.6) is 0 Å². The zero-order valence-electron chi connectivity index (χ0n) is 29.6. The molecule has 0 amide bonds. The van der Waals surface area contributed by atoms with Crippen molar-refractivity contribution in [3.05, 3.63) is 58.1 Å². The minimum atomic E-state index is -5.21. The van der Waals surface area contributed by atoms with E-state index in [4.69, 9.17) is 23.2 Å². The van der Waals surface area contributed by atoms with Crippen molar-refractivity contribution in [3.63, 3.8) is 0 Å². The molecule has 280 valence electrons. The first kappa shape index (κ1) is 51.6. The Morgan fingerprint density at radius 3 is 1.42 bits per heavy atom. The van der Waals surface area contributed by atoms with Crippen molar-refractivity contribution in [1.82, 2.24) is 29.9 Å². The molecule has 4 N–H and O–H groups in total. The van der Waals surface area contributed by atoms with Crippen LogP contribution in [0.2, 0.25) is 10.6 Å². The molecule has 0 aliphatic heterocycles. The molecule has 4 rings (SSSR count). The van der Waals surface area contributed by atoms with E-state index < -0.39 is 70.0 Å². The molecule has 2 atom stereocenters. The van der Waals surface area contributed by atoms with Gasteiger partial charge in [0.15, 0.2) is 10.3 Å². The predicted octanol–water partition coefficient (Wildman–Crippen LogP) is -7.39. The molecule has 0 saturated heterocycles. The molecule has 0 aliphatic rings. The van der Waals surface area contributed by atoms with Crippen molar-refractivity contribution in [3.8, 4) is 0 Å². The van der Waals surface area contributed by atoms with E-state index in [1.54, 1.807) is 0 Å². The second-order valence-electron chi connectivity index (χ2n) is 10.2. The largest absolute Gasteiger partial charge is 1.00 e. The molecule has 0 aliphatic carbocycles. The van der Waals surface area contributed by atoms with Crippen molar-refractivity contribution in [2.45, 2.75) is 43.0 Å². The molecule has 2 heterocycles. The number of aromatic nitrogens is 6. The second kappa shape index (κ2) is 21.1. The predicted molar refractivity (Wildman–Crippen MR) is 183 cm³/mol. The van der Waals surface area contributed by atoms with Crippen LogP contribution in [0.25, 0.3) is 12.2 Å². The van der Waals surface area contributed by atoms with E-state index >= 15 is 0 Å². The van der Waals surface area contributed by atoms with Gasteiger partial charge in [0, 0.05) is 17.9 Å². The average Bonchev–Trinajstić information content (AvgIpc) is 2.98. The molecule has 29 heteroatoms. The van der Waals surface area contributed by atoms with Gasteiger partial charge in [0.1, 0.15) is 32.7 Å². The maximum atomic E-state index is 12.3. The monoisotopic (exact) mass is 888 g/mol. The molecule has 2 aromatic heterocycles. The van der Waals surface area contributed by atoms with Crippen LogP contribution in [0.3, 0.4) is 0 Å². The Bertz CT molecular complexity index is 2360.